The first-order valence-electron chi connectivity index (χ1n) is 10.0. The number of aromatic nitrogens is 2. The molecule has 0 bridgehead atoms. The Labute approximate surface area is 180 Å². The van der Waals surface area contributed by atoms with Gasteiger partial charge in [0.1, 0.15) is 11.4 Å². The van der Waals surface area contributed by atoms with Crippen LogP contribution in [0.25, 0.3) is 11.3 Å². The third-order valence-electron chi connectivity index (χ3n) is 4.88. The van der Waals surface area contributed by atoms with Crippen molar-refractivity contribution >= 4 is 5.91 Å². The highest BCUT2D eigenvalue weighted by Crippen LogP contribution is 2.28. The zero-order chi connectivity index (χ0) is 21.8. The minimum Gasteiger partial charge on any atom is -0.439 e. The Morgan fingerprint density at radius 3 is 2.42 bits per heavy atom. The van der Waals surface area contributed by atoms with Crippen LogP contribution in [0.3, 0.4) is 0 Å². The van der Waals surface area contributed by atoms with Crippen LogP contribution in [-0.4, -0.2) is 16.0 Å². The minimum atomic E-state index is -0.251. The van der Waals surface area contributed by atoms with Crippen molar-refractivity contribution < 1.29 is 14.1 Å². The van der Waals surface area contributed by atoms with E-state index >= 15 is 0 Å². The Balaban J connectivity index is 1.38. The van der Waals surface area contributed by atoms with Crippen LogP contribution in [0.2, 0.25) is 0 Å². The Hall–Kier alpha value is -3.93. The van der Waals surface area contributed by atoms with E-state index in [0.717, 1.165) is 22.4 Å². The topological polar surface area (TPSA) is 77.2 Å². The van der Waals surface area contributed by atoms with Crippen molar-refractivity contribution in [3.05, 3.63) is 94.9 Å². The van der Waals surface area contributed by atoms with Crippen LogP contribution in [0.15, 0.2) is 71.4 Å². The summed E-state index contributed by atoms with van der Waals surface area (Å²) in [5.41, 5.74) is 5.76. The molecule has 31 heavy (non-hydrogen) atoms. The summed E-state index contributed by atoms with van der Waals surface area (Å²) in [5.74, 6) is 1.44. The number of ether oxygens (including phenoxy) is 1. The van der Waals surface area contributed by atoms with Gasteiger partial charge in [0.15, 0.2) is 5.76 Å². The number of para-hydroxylation sites is 1. The SMILES string of the molecule is Cc1cc(C)c(-c2cc(CNC(=O)c3ccc(Oc4ccccc4)nc3)on2)c(C)c1. The molecule has 4 rings (SSSR count). The van der Waals surface area contributed by atoms with E-state index in [0.29, 0.717) is 23.0 Å². The highest BCUT2D eigenvalue weighted by atomic mass is 16.5. The fourth-order valence-electron chi connectivity index (χ4n) is 3.55. The van der Waals surface area contributed by atoms with Gasteiger partial charge in [-0.05, 0) is 50.1 Å². The monoisotopic (exact) mass is 413 g/mol. The highest BCUT2D eigenvalue weighted by molar-refractivity contribution is 5.93. The number of nitrogens with zero attached hydrogens (tertiary/aromatic N) is 2. The standard InChI is InChI=1S/C25H23N3O3/c1-16-11-17(2)24(18(3)12-16)22-13-21(31-28-22)15-27-25(29)19-9-10-23(26-14-19)30-20-7-5-4-6-8-20/h4-14H,15H2,1-3H3,(H,27,29). The highest BCUT2D eigenvalue weighted by Gasteiger charge is 2.13. The van der Waals surface area contributed by atoms with Crippen molar-refractivity contribution in [2.45, 2.75) is 27.3 Å². The van der Waals surface area contributed by atoms with E-state index < -0.39 is 0 Å². The molecule has 2 aromatic heterocycles. The van der Waals surface area contributed by atoms with Crippen LogP contribution in [0.1, 0.15) is 32.8 Å². The van der Waals surface area contributed by atoms with Crippen molar-refractivity contribution in [3.8, 4) is 22.9 Å². The van der Waals surface area contributed by atoms with Crippen LogP contribution in [0.5, 0.6) is 11.6 Å². The molecule has 0 aliphatic carbocycles. The summed E-state index contributed by atoms with van der Waals surface area (Å²) < 4.78 is 11.1. The van der Waals surface area contributed by atoms with Gasteiger partial charge in [0.25, 0.3) is 5.91 Å². The van der Waals surface area contributed by atoms with E-state index in [1.165, 1.54) is 11.8 Å². The molecule has 0 aliphatic heterocycles. The maximum atomic E-state index is 12.5. The van der Waals surface area contributed by atoms with Gasteiger partial charge in [-0.3, -0.25) is 4.79 Å². The number of benzene rings is 2. The molecule has 1 N–H and O–H groups in total. The van der Waals surface area contributed by atoms with Gasteiger partial charge < -0.3 is 14.6 Å². The summed E-state index contributed by atoms with van der Waals surface area (Å²) in [6, 6.07) is 18.8. The van der Waals surface area contributed by atoms with Crippen molar-refractivity contribution in [1.82, 2.24) is 15.5 Å². The lowest BCUT2D eigenvalue weighted by atomic mass is 9.97. The average molecular weight is 413 g/mol. The Kier molecular flexibility index (Phi) is 5.80. The molecule has 0 atom stereocenters. The van der Waals surface area contributed by atoms with E-state index in [1.807, 2.05) is 36.4 Å². The molecule has 4 aromatic rings. The summed E-state index contributed by atoms with van der Waals surface area (Å²) in [6.07, 6.45) is 1.48. The quantitative estimate of drug-likeness (QED) is 0.459. The molecular weight excluding hydrogens is 390 g/mol. The summed E-state index contributed by atoms with van der Waals surface area (Å²) in [5, 5.41) is 7.02. The first-order valence-corrected chi connectivity index (χ1v) is 10.0. The molecule has 0 saturated heterocycles. The third-order valence-corrected chi connectivity index (χ3v) is 4.88. The molecule has 6 heteroatoms. The van der Waals surface area contributed by atoms with Crippen molar-refractivity contribution in [2.75, 3.05) is 0 Å². The minimum absolute atomic E-state index is 0.234. The average Bonchev–Trinajstić information content (AvgIpc) is 3.21. The Bertz CT molecular complexity index is 1180. The van der Waals surface area contributed by atoms with Gasteiger partial charge in [-0.15, -0.1) is 0 Å². The van der Waals surface area contributed by atoms with Gasteiger partial charge in [0.05, 0.1) is 12.1 Å². The van der Waals surface area contributed by atoms with E-state index in [-0.39, 0.29) is 12.5 Å². The van der Waals surface area contributed by atoms with Crippen LogP contribution in [-0.2, 0) is 6.54 Å². The summed E-state index contributed by atoms with van der Waals surface area (Å²) in [4.78, 5) is 16.7. The second-order valence-corrected chi connectivity index (χ2v) is 7.44. The molecule has 0 aliphatic rings. The first-order chi connectivity index (χ1) is 15.0. The lowest BCUT2D eigenvalue weighted by Crippen LogP contribution is -2.22. The summed E-state index contributed by atoms with van der Waals surface area (Å²) >= 11 is 0. The van der Waals surface area contributed by atoms with E-state index in [2.05, 4.69) is 48.4 Å². The molecule has 2 aromatic carbocycles. The molecule has 0 spiro atoms. The number of aryl methyl sites for hydroxylation is 3. The zero-order valence-electron chi connectivity index (χ0n) is 17.7. The number of amides is 1. The molecule has 6 nitrogen and oxygen atoms in total. The maximum Gasteiger partial charge on any atom is 0.253 e. The van der Waals surface area contributed by atoms with Crippen LogP contribution >= 0.6 is 0 Å². The lowest BCUT2D eigenvalue weighted by Gasteiger charge is -2.07. The number of nitrogens with one attached hydrogen (secondary N) is 1. The molecule has 1 amide bonds. The third kappa shape index (κ3) is 4.80. The number of rotatable bonds is 6. The number of carbonyl (C=O) groups is 1. The van der Waals surface area contributed by atoms with E-state index in [9.17, 15) is 4.79 Å². The van der Waals surface area contributed by atoms with Gasteiger partial charge in [-0.2, -0.15) is 0 Å². The number of pyridine rings is 1. The van der Waals surface area contributed by atoms with Crippen LogP contribution < -0.4 is 10.1 Å². The van der Waals surface area contributed by atoms with E-state index in [1.54, 1.807) is 12.1 Å². The fraction of sp³-hybridized carbons (Fsp3) is 0.160. The molecule has 0 radical (unpaired) electrons. The second-order valence-electron chi connectivity index (χ2n) is 7.44. The van der Waals surface area contributed by atoms with Crippen molar-refractivity contribution in [1.29, 1.82) is 0 Å². The van der Waals surface area contributed by atoms with Gasteiger partial charge in [0.2, 0.25) is 5.88 Å². The lowest BCUT2D eigenvalue weighted by molar-refractivity contribution is 0.0946. The normalized spacial score (nSPS) is 10.7. The Morgan fingerprint density at radius 2 is 1.74 bits per heavy atom. The fourth-order valence-corrected chi connectivity index (χ4v) is 3.55. The van der Waals surface area contributed by atoms with Crippen molar-refractivity contribution in [3.63, 3.8) is 0 Å². The molecule has 0 saturated carbocycles. The smallest absolute Gasteiger partial charge is 0.253 e. The number of hydrogen-bond donors (Lipinski definition) is 1. The second kappa shape index (κ2) is 8.83. The Morgan fingerprint density at radius 1 is 1.00 bits per heavy atom. The van der Waals surface area contributed by atoms with Gasteiger partial charge in [-0.25, -0.2) is 4.98 Å². The predicted octanol–water partition coefficient (Wildman–Crippen LogP) is 5.38. The molecule has 0 unspecified atom stereocenters. The van der Waals surface area contributed by atoms with Crippen LogP contribution in [0, 0.1) is 20.8 Å². The summed E-state index contributed by atoms with van der Waals surface area (Å²) in [6.45, 7) is 6.42. The predicted molar refractivity (Wildman–Crippen MR) is 118 cm³/mol. The number of carbonyl (C=O) groups excluding carboxylic acids is 1. The number of hydrogen-bond acceptors (Lipinski definition) is 5. The van der Waals surface area contributed by atoms with Gasteiger partial charge in [-0.1, -0.05) is 41.1 Å². The molecule has 2 heterocycles. The first kappa shape index (κ1) is 20.3. The van der Waals surface area contributed by atoms with Crippen molar-refractivity contribution in [2.24, 2.45) is 0 Å². The van der Waals surface area contributed by atoms with Gasteiger partial charge >= 0.3 is 0 Å². The summed E-state index contributed by atoms with van der Waals surface area (Å²) in [7, 11) is 0. The van der Waals surface area contributed by atoms with E-state index in [4.69, 9.17) is 9.26 Å². The van der Waals surface area contributed by atoms with Crippen LogP contribution in [0.4, 0.5) is 0 Å². The molecular formula is C25H23N3O3. The zero-order valence-corrected chi connectivity index (χ0v) is 17.7. The molecule has 0 fully saturated rings. The molecule has 156 valence electrons. The van der Waals surface area contributed by atoms with Gasteiger partial charge in [0, 0.05) is 23.9 Å². The maximum absolute atomic E-state index is 12.5. The largest absolute Gasteiger partial charge is 0.439 e.